The van der Waals surface area contributed by atoms with Crippen LogP contribution in [0.3, 0.4) is 0 Å². The van der Waals surface area contributed by atoms with Crippen LogP contribution in [-0.2, 0) is 5.75 Å². The van der Waals surface area contributed by atoms with E-state index >= 15 is 0 Å². The lowest BCUT2D eigenvalue weighted by molar-refractivity contribution is 1.18. The largest absolute Gasteiger partial charge is 0.307 e. The molecule has 0 aliphatic heterocycles. The lowest BCUT2D eigenvalue weighted by Gasteiger charge is -2.06. The molecule has 0 radical (unpaired) electrons. The Kier molecular flexibility index (Phi) is 3.31. The first-order valence-electron chi connectivity index (χ1n) is 7.21. The van der Waals surface area contributed by atoms with Gasteiger partial charge in [-0.15, -0.1) is 11.8 Å². The molecule has 3 heterocycles. The quantitative estimate of drug-likeness (QED) is 0.523. The minimum Gasteiger partial charge on any atom is -0.307 e. The maximum atomic E-state index is 4.65. The molecule has 4 aromatic rings. The molecular weight excluding hydrogens is 290 g/mol. The second-order valence-corrected chi connectivity index (χ2v) is 6.28. The Morgan fingerprint density at radius 1 is 1.09 bits per heavy atom. The van der Waals surface area contributed by atoms with E-state index in [0.29, 0.717) is 0 Å². The number of imidazole rings is 1. The molecule has 0 bridgehead atoms. The molecule has 4 heteroatoms. The van der Waals surface area contributed by atoms with E-state index in [-0.39, 0.29) is 0 Å². The van der Waals surface area contributed by atoms with Gasteiger partial charge in [0.25, 0.3) is 0 Å². The van der Waals surface area contributed by atoms with Gasteiger partial charge in [0.15, 0.2) is 0 Å². The van der Waals surface area contributed by atoms with Gasteiger partial charge in [0.2, 0.25) is 0 Å². The summed E-state index contributed by atoms with van der Waals surface area (Å²) in [6.45, 7) is 2.13. The summed E-state index contributed by atoms with van der Waals surface area (Å²) in [7, 11) is 0. The third-order valence-electron chi connectivity index (χ3n) is 3.74. The number of fused-ring (bicyclic) bond motifs is 2. The average molecular weight is 305 g/mol. The molecule has 0 saturated heterocycles. The van der Waals surface area contributed by atoms with Gasteiger partial charge < -0.3 is 4.40 Å². The lowest BCUT2D eigenvalue weighted by atomic mass is 10.1. The summed E-state index contributed by atoms with van der Waals surface area (Å²) in [6.07, 6.45) is 6.00. The highest BCUT2D eigenvalue weighted by Crippen LogP contribution is 2.30. The van der Waals surface area contributed by atoms with E-state index in [9.17, 15) is 0 Å². The van der Waals surface area contributed by atoms with Crippen molar-refractivity contribution in [2.75, 3.05) is 0 Å². The smallest absolute Gasteiger partial charge is 0.137 e. The fourth-order valence-corrected chi connectivity index (χ4v) is 3.53. The maximum absolute atomic E-state index is 4.65. The zero-order valence-electron chi connectivity index (χ0n) is 12.2. The number of para-hydroxylation sites is 1. The molecule has 0 unspecified atom stereocenters. The molecule has 3 nitrogen and oxygen atoms in total. The van der Waals surface area contributed by atoms with Crippen molar-refractivity contribution < 1.29 is 0 Å². The van der Waals surface area contributed by atoms with Gasteiger partial charge in [0.1, 0.15) is 5.65 Å². The number of benzene rings is 1. The van der Waals surface area contributed by atoms with Crippen LogP contribution in [0.5, 0.6) is 0 Å². The highest BCUT2D eigenvalue weighted by molar-refractivity contribution is 7.98. The van der Waals surface area contributed by atoms with E-state index < -0.39 is 0 Å². The van der Waals surface area contributed by atoms with Crippen LogP contribution in [0.25, 0.3) is 16.6 Å². The molecule has 0 N–H and O–H groups in total. The van der Waals surface area contributed by atoms with Gasteiger partial charge in [-0.05, 0) is 36.8 Å². The van der Waals surface area contributed by atoms with Crippen molar-refractivity contribution >= 4 is 28.3 Å². The van der Waals surface area contributed by atoms with E-state index in [1.54, 1.807) is 11.8 Å². The van der Waals surface area contributed by atoms with E-state index in [2.05, 4.69) is 51.8 Å². The number of thioether (sulfide) groups is 1. The normalized spacial score (nSPS) is 11.3. The van der Waals surface area contributed by atoms with E-state index in [1.807, 2.05) is 30.6 Å². The fraction of sp³-hybridized carbons (Fsp3) is 0.111. The van der Waals surface area contributed by atoms with Crippen molar-refractivity contribution in [3.8, 4) is 0 Å². The standard InChI is InChI=1S/C18H15N3S/c1-13-8-9-19-18-15(13)5-4-6-16(18)22-12-14-11-21-10-3-2-7-17(21)20-14/h2-11H,12H2,1H3. The molecule has 3 aromatic heterocycles. The van der Waals surface area contributed by atoms with Crippen LogP contribution in [0.2, 0.25) is 0 Å². The Morgan fingerprint density at radius 2 is 2.05 bits per heavy atom. The van der Waals surface area contributed by atoms with Gasteiger partial charge in [-0.1, -0.05) is 18.2 Å². The number of aromatic nitrogens is 3. The molecular formula is C18H15N3S. The predicted octanol–water partition coefficient (Wildman–Crippen LogP) is 4.48. The Bertz CT molecular complexity index is 926. The predicted molar refractivity (Wildman–Crippen MR) is 91.2 cm³/mol. The van der Waals surface area contributed by atoms with E-state index in [0.717, 1.165) is 22.6 Å². The summed E-state index contributed by atoms with van der Waals surface area (Å²) < 4.78 is 2.06. The molecule has 0 fully saturated rings. The first-order chi connectivity index (χ1) is 10.8. The lowest BCUT2D eigenvalue weighted by Crippen LogP contribution is -1.86. The second-order valence-electron chi connectivity index (χ2n) is 5.27. The van der Waals surface area contributed by atoms with Crippen molar-refractivity contribution in [3.05, 3.63) is 72.3 Å². The number of rotatable bonds is 3. The van der Waals surface area contributed by atoms with E-state index in [4.69, 9.17) is 0 Å². The van der Waals surface area contributed by atoms with Crippen LogP contribution in [0.1, 0.15) is 11.3 Å². The molecule has 0 aliphatic rings. The number of nitrogens with zero attached hydrogens (tertiary/aromatic N) is 3. The number of hydrogen-bond donors (Lipinski definition) is 0. The molecule has 22 heavy (non-hydrogen) atoms. The van der Waals surface area contributed by atoms with Crippen LogP contribution >= 0.6 is 11.8 Å². The molecule has 0 atom stereocenters. The van der Waals surface area contributed by atoms with Crippen molar-refractivity contribution in [3.63, 3.8) is 0 Å². The van der Waals surface area contributed by atoms with E-state index in [1.165, 1.54) is 15.8 Å². The molecule has 0 saturated carbocycles. The maximum Gasteiger partial charge on any atom is 0.137 e. The Hall–Kier alpha value is -2.33. The van der Waals surface area contributed by atoms with Crippen LogP contribution in [0.15, 0.2) is 66.0 Å². The molecule has 108 valence electrons. The zero-order valence-corrected chi connectivity index (χ0v) is 13.0. The Morgan fingerprint density at radius 3 is 2.95 bits per heavy atom. The van der Waals surface area contributed by atoms with Crippen LogP contribution in [0.4, 0.5) is 0 Å². The van der Waals surface area contributed by atoms with Gasteiger partial charge >= 0.3 is 0 Å². The number of aryl methyl sites for hydroxylation is 1. The van der Waals surface area contributed by atoms with Crippen molar-refractivity contribution in [2.45, 2.75) is 17.6 Å². The minimum absolute atomic E-state index is 0.844. The van der Waals surface area contributed by atoms with Crippen LogP contribution in [0, 0.1) is 6.92 Å². The first-order valence-corrected chi connectivity index (χ1v) is 8.19. The average Bonchev–Trinajstić information content (AvgIpc) is 2.96. The zero-order chi connectivity index (χ0) is 14.9. The Balaban J connectivity index is 1.65. The van der Waals surface area contributed by atoms with Crippen molar-refractivity contribution in [2.24, 2.45) is 0 Å². The van der Waals surface area contributed by atoms with Crippen molar-refractivity contribution in [1.29, 1.82) is 0 Å². The summed E-state index contributed by atoms with van der Waals surface area (Å²) in [4.78, 5) is 10.4. The molecule has 0 amide bonds. The number of pyridine rings is 2. The molecule has 1 aromatic carbocycles. The SMILES string of the molecule is Cc1ccnc2c(SCc3cn4ccccc4n3)cccc12. The van der Waals surface area contributed by atoms with Gasteiger partial charge in [-0.25, -0.2) is 4.98 Å². The first kappa shape index (κ1) is 13.3. The van der Waals surface area contributed by atoms with Gasteiger partial charge in [0, 0.05) is 34.6 Å². The third kappa shape index (κ3) is 2.35. The third-order valence-corrected chi connectivity index (χ3v) is 4.82. The Labute approximate surface area is 133 Å². The summed E-state index contributed by atoms with van der Waals surface area (Å²) in [6, 6.07) is 14.5. The van der Waals surface area contributed by atoms with Gasteiger partial charge in [-0.3, -0.25) is 4.98 Å². The molecule has 0 spiro atoms. The molecule has 4 rings (SSSR count). The van der Waals surface area contributed by atoms with Gasteiger partial charge in [-0.2, -0.15) is 0 Å². The monoisotopic (exact) mass is 305 g/mol. The summed E-state index contributed by atoms with van der Waals surface area (Å²) in [5.41, 5.74) is 4.42. The van der Waals surface area contributed by atoms with Crippen molar-refractivity contribution in [1.82, 2.24) is 14.4 Å². The highest BCUT2D eigenvalue weighted by Gasteiger charge is 2.07. The van der Waals surface area contributed by atoms with Crippen LogP contribution < -0.4 is 0 Å². The number of hydrogen-bond acceptors (Lipinski definition) is 3. The highest BCUT2D eigenvalue weighted by atomic mass is 32.2. The van der Waals surface area contributed by atoms with Gasteiger partial charge in [0.05, 0.1) is 11.2 Å². The molecule has 0 aliphatic carbocycles. The minimum atomic E-state index is 0.844. The second kappa shape index (κ2) is 5.46. The van der Waals surface area contributed by atoms with Crippen LogP contribution in [-0.4, -0.2) is 14.4 Å². The summed E-state index contributed by atoms with van der Waals surface area (Å²) >= 11 is 1.79. The summed E-state index contributed by atoms with van der Waals surface area (Å²) in [5, 5.41) is 1.22. The topological polar surface area (TPSA) is 30.2 Å². The fourth-order valence-electron chi connectivity index (χ4n) is 2.61. The summed E-state index contributed by atoms with van der Waals surface area (Å²) in [5.74, 6) is 0.844.